The van der Waals surface area contributed by atoms with E-state index in [2.05, 4.69) is 35.4 Å². The quantitative estimate of drug-likeness (QED) is 0.283. The fourth-order valence-electron chi connectivity index (χ4n) is 3.79. The van der Waals surface area contributed by atoms with Crippen LogP contribution in [-0.2, 0) is 21.0 Å². The van der Waals surface area contributed by atoms with Crippen molar-refractivity contribution in [3.63, 3.8) is 0 Å². The number of anilines is 1. The molecular formula is C27H40N4O4Si. The van der Waals surface area contributed by atoms with Crippen molar-refractivity contribution in [1.82, 2.24) is 15.1 Å². The number of nitrogens with one attached hydrogen (secondary N) is 2. The minimum absolute atomic E-state index is 0.125. The van der Waals surface area contributed by atoms with Crippen LogP contribution in [0.5, 0.6) is 0 Å². The summed E-state index contributed by atoms with van der Waals surface area (Å²) in [6.45, 7) is 15.3. The van der Waals surface area contributed by atoms with Gasteiger partial charge in [0.2, 0.25) is 5.91 Å². The molecule has 2 N–H and O–H groups in total. The summed E-state index contributed by atoms with van der Waals surface area (Å²) in [5.41, 5.74) is 2.61. The van der Waals surface area contributed by atoms with Crippen LogP contribution in [-0.4, -0.2) is 42.1 Å². The molecule has 0 aliphatic carbocycles. The first-order chi connectivity index (χ1) is 16.8. The Morgan fingerprint density at radius 3 is 2.72 bits per heavy atom. The zero-order valence-electron chi connectivity index (χ0n) is 22.6. The van der Waals surface area contributed by atoms with E-state index >= 15 is 0 Å². The van der Waals surface area contributed by atoms with E-state index < -0.39 is 19.8 Å². The zero-order chi connectivity index (χ0) is 26.5. The van der Waals surface area contributed by atoms with Crippen LogP contribution in [0.3, 0.4) is 0 Å². The lowest BCUT2D eigenvalue weighted by molar-refractivity contribution is -0.118. The van der Waals surface area contributed by atoms with Crippen LogP contribution in [0.4, 0.5) is 10.5 Å². The lowest BCUT2D eigenvalue weighted by Gasteiger charge is -2.24. The smallest absolute Gasteiger partial charge is 0.408 e. The number of fused-ring (bicyclic) bond motifs is 4. The second-order valence-corrected chi connectivity index (χ2v) is 17.1. The van der Waals surface area contributed by atoms with E-state index in [1.54, 1.807) is 10.9 Å². The molecule has 0 fully saturated rings. The topological polar surface area (TPSA) is 94.5 Å². The molecule has 2 bridgehead atoms. The monoisotopic (exact) mass is 512 g/mol. The highest BCUT2D eigenvalue weighted by atomic mass is 28.3. The van der Waals surface area contributed by atoms with Gasteiger partial charge < -0.3 is 20.1 Å². The molecule has 1 aromatic heterocycles. The number of carbonyl (C=O) groups excluding carboxylic acids is 2. The van der Waals surface area contributed by atoms with Gasteiger partial charge >= 0.3 is 6.09 Å². The lowest BCUT2D eigenvalue weighted by Crippen LogP contribution is -2.35. The van der Waals surface area contributed by atoms with Crippen LogP contribution in [0.1, 0.15) is 45.7 Å². The highest BCUT2D eigenvalue weighted by Crippen LogP contribution is 2.32. The summed E-state index contributed by atoms with van der Waals surface area (Å²) >= 11 is 0. The Bertz CT molecular complexity index is 1100. The summed E-state index contributed by atoms with van der Waals surface area (Å²) in [4.78, 5) is 25.5. The molecule has 1 aromatic carbocycles. The number of hydrogen-bond acceptors (Lipinski definition) is 5. The van der Waals surface area contributed by atoms with Crippen molar-refractivity contribution in [2.24, 2.45) is 5.92 Å². The molecule has 8 nitrogen and oxygen atoms in total. The van der Waals surface area contributed by atoms with Crippen LogP contribution >= 0.6 is 0 Å². The van der Waals surface area contributed by atoms with Gasteiger partial charge in [0.05, 0.1) is 29.5 Å². The minimum atomic E-state index is -1.21. The van der Waals surface area contributed by atoms with E-state index in [-0.39, 0.29) is 24.6 Å². The van der Waals surface area contributed by atoms with Crippen LogP contribution in [0.15, 0.2) is 42.6 Å². The molecule has 0 saturated heterocycles. The Kier molecular flexibility index (Phi) is 8.79. The number of ether oxygens (including phenoxy) is 2. The molecule has 1 aliphatic rings. The van der Waals surface area contributed by atoms with Gasteiger partial charge in [-0.1, -0.05) is 56.9 Å². The Labute approximate surface area is 215 Å². The fourth-order valence-corrected chi connectivity index (χ4v) is 4.55. The molecule has 2 heterocycles. The van der Waals surface area contributed by atoms with Gasteiger partial charge in [-0.2, -0.15) is 5.10 Å². The summed E-state index contributed by atoms with van der Waals surface area (Å²) in [7, 11) is -1.21. The maximum Gasteiger partial charge on any atom is 0.408 e. The third-order valence-corrected chi connectivity index (χ3v) is 7.47. The first kappa shape index (κ1) is 27.7. The van der Waals surface area contributed by atoms with Crippen LogP contribution in [0, 0.1) is 5.92 Å². The largest absolute Gasteiger partial charge is 0.444 e. The number of hydrogen-bond donors (Lipinski definition) is 2. The van der Waals surface area contributed by atoms with Gasteiger partial charge in [0.15, 0.2) is 0 Å². The van der Waals surface area contributed by atoms with Gasteiger partial charge in [0.25, 0.3) is 0 Å². The van der Waals surface area contributed by atoms with E-state index in [9.17, 15) is 9.59 Å². The third-order valence-electron chi connectivity index (χ3n) is 5.77. The first-order valence-corrected chi connectivity index (χ1v) is 16.2. The first-order valence-electron chi connectivity index (χ1n) is 12.5. The molecular weight excluding hydrogens is 472 g/mol. The number of carbonyl (C=O) groups is 2. The SMILES string of the molecule is C[C@@H]1C=CC[C@H](NC(=O)OC(C)(C)C)c2cccc(c2)-c2c(cnn2COCC[Si](C)(C)C)NC1=O. The van der Waals surface area contributed by atoms with Gasteiger partial charge in [0.1, 0.15) is 12.3 Å². The molecule has 0 spiro atoms. The number of alkyl carbamates (subject to hydrolysis) is 1. The molecule has 1 aliphatic heterocycles. The second-order valence-electron chi connectivity index (χ2n) is 11.5. The summed E-state index contributed by atoms with van der Waals surface area (Å²) in [5, 5.41) is 10.5. The molecule has 2 amide bonds. The van der Waals surface area contributed by atoms with Crippen molar-refractivity contribution in [2.45, 2.75) is 78.2 Å². The van der Waals surface area contributed by atoms with Gasteiger partial charge in [-0.05, 0) is 44.9 Å². The Morgan fingerprint density at radius 2 is 2.03 bits per heavy atom. The molecule has 2 atom stereocenters. The summed E-state index contributed by atoms with van der Waals surface area (Å²) in [6.07, 6.45) is 5.49. The van der Waals surface area contributed by atoms with E-state index in [1.165, 1.54) is 0 Å². The molecule has 196 valence electrons. The maximum absolute atomic E-state index is 12.9. The predicted molar refractivity (Wildman–Crippen MR) is 145 cm³/mol. The molecule has 0 radical (unpaired) electrons. The predicted octanol–water partition coefficient (Wildman–Crippen LogP) is 5.96. The third kappa shape index (κ3) is 8.06. The van der Waals surface area contributed by atoms with E-state index in [0.29, 0.717) is 18.7 Å². The van der Waals surface area contributed by atoms with Crippen molar-refractivity contribution in [2.75, 3.05) is 11.9 Å². The van der Waals surface area contributed by atoms with Crippen LogP contribution < -0.4 is 10.6 Å². The summed E-state index contributed by atoms with van der Waals surface area (Å²) in [6, 6.07) is 8.67. The van der Waals surface area contributed by atoms with E-state index in [0.717, 1.165) is 22.9 Å². The van der Waals surface area contributed by atoms with Crippen LogP contribution in [0.2, 0.25) is 25.7 Å². The Morgan fingerprint density at radius 1 is 1.28 bits per heavy atom. The van der Waals surface area contributed by atoms with Gasteiger partial charge in [-0.15, -0.1) is 0 Å². The number of benzene rings is 1. The van der Waals surface area contributed by atoms with Gasteiger partial charge in [-0.3, -0.25) is 4.79 Å². The highest BCUT2D eigenvalue weighted by Gasteiger charge is 2.23. The molecule has 0 unspecified atom stereocenters. The van der Waals surface area contributed by atoms with Crippen LogP contribution in [0.25, 0.3) is 11.3 Å². The van der Waals surface area contributed by atoms with Gasteiger partial charge in [-0.25, -0.2) is 9.48 Å². The fraction of sp³-hybridized carbons (Fsp3) is 0.519. The van der Waals surface area contributed by atoms with E-state index in [1.807, 2.05) is 64.1 Å². The zero-order valence-corrected chi connectivity index (χ0v) is 23.6. The number of aromatic nitrogens is 2. The van der Waals surface area contributed by atoms with Gasteiger partial charge in [0, 0.05) is 20.2 Å². The standard InChI is InChI=1S/C27H40N4O4Si/c1-19-10-8-13-22(30-26(33)35-27(2,3)4)20-11-9-12-21(16-20)24-23(29-25(19)32)17-28-31(24)18-34-14-15-36(5,6)7/h8-12,16-17,19,22H,13-15,18H2,1-7H3,(H,29,32)(H,30,33)/t19-,22+/m1/s1. The average molecular weight is 513 g/mol. The lowest BCUT2D eigenvalue weighted by atomic mass is 9.98. The summed E-state index contributed by atoms with van der Waals surface area (Å²) < 4.78 is 13.2. The number of nitrogens with zero attached hydrogens (tertiary/aromatic N) is 2. The number of amides is 2. The molecule has 0 saturated carbocycles. The molecule has 36 heavy (non-hydrogen) atoms. The van der Waals surface area contributed by atoms with Crippen molar-refractivity contribution >= 4 is 25.8 Å². The minimum Gasteiger partial charge on any atom is -0.444 e. The Balaban J connectivity index is 1.96. The normalized spacial score (nSPS) is 18.5. The second kappa shape index (κ2) is 11.4. The van der Waals surface area contributed by atoms with Crippen molar-refractivity contribution in [3.05, 3.63) is 48.2 Å². The Hall–Kier alpha value is -2.91. The molecule has 3 rings (SSSR count). The number of rotatable bonds is 6. The maximum atomic E-state index is 12.9. The van der Waals surface area contributed by atoms with Crippen molar-refractivity contribution in [3.8, 4) is 11.3 Å². The van der Waals surface area contributed by atoms with Crippen molar-refractivity contribution in [1.29, 1.82) is 0 Å². The summed E-state index contributed by atoms with van der Waals surface area (Å²) in [5.74, 6) is -0.478. The van der Waals surface area contributed by atoms with E-state index in [4.69, 9.17) is 9.47 Å². The average Bonchev–Trinajstić information content (AvgIpc) is 3.15. The highest BCUT2D eigenvalue weighted by molar-refractivity contribution is 6.76. The molecule has 9 heteroatoms. The molecule has 2 aromatic rings. The van der Waals surface area contributed by atoms with Crippen molar-refractivity contribution < 1.29 is 19.1 Å².